The number of carbonyl (C=O) groups is 1. The first kappa shape index (κ1) is 18.1. The molecule has 0 unspecified atom stereocenters. The van der Waals surface area contributed by atoms with E-state index in [1.807, 2.05) is 48.5 Å². The number of anilines is 1. The largest absolute Gasteiger partial charge is 0.394 e. The molecule has 3 aromatic rings. The van der Waals surface area contributed by atoms with Crippen LogP contribution < -0.4 is 10.6 Å². The number of aliphatic hydroxyl groups is 1. The molecule has 0 aliphatic heterocycles. The molecule has 0 spiro atoms. The van der Waals surface area contributed by atoms with Crippen LogP contribution >= 0.6 is 0 Å². The zero-order valence-corrected chi connectivity index (χ0v) is 14.4. The molecule has 0 fully saturated rings. The van der Waals surface area contributed by atoms with Gasteiger partial charge < -0.3 is 25.5 Å². The molecule has 1 aromatic heterocycles. The van der Waals surface area contributed by atoms with Gasteiger partial charge in [-0.3, -0.25) is 4.79 Å². The summed E-state index contributed by atoms with van der Waals surface area (Å²) in [7, 11) is 0. The molecule has 4 N–H and O–H groups in total. The summed E-state index contributed by atoms with van der Waals surface area (Å²) in [6.45, 7) is 1.47. The number of aromatic nitrogens is 2. The van der Waals surface area contributed by atoms with Crippen LogP contribution in [0.15, 0.2) is 48.5 Å². The molecule has 2 aromatic carbocycles. The van der Waals surface area contributed by atoms with Crippen LogP contribution in [0.1, 0.15) is 0 Å². The highest BCUT2D eigenvalue weighted by Gasteiger charge is 2.11. The van der Waals surface area contributed by atoms with Gasteiger partial charge in [-0.2, -0.15) is 0 Å². The van der Waals surface area contributed by atoms with E-state index in [0.717, 1.165) is 16.6 Å². The van der Waals surface area contributed by atoms with Gasteiger partial charge in [0, 0.05) is 12.1 Å². The first-order chi connectivity index (χ1) is 12.8. The molecule has 136 valence electrons. The zero-order chi connectivity index (χ0) is 18.2. The maximum Gasteiger partial charge on any atom is 0.238 e. The molecule has 0 radical (unpaired) electrons. The summed E-state index contributed by atoms with van der Waals surface area (Å²) in [6, 6.07) is 15.4. The molecule has 1 amide bonds. The second-order valence-corrected chi connectivity index (χ2v) is 5.71. The lowest BCUT2D eigenvalue weighted by Gasteiger charge is -2.10. The Morgan fingerprint density at radius 2 is 1.92 bits per heavy atom. The smallest absolute Gasteiger partial charge is 0.238 e. The van der Waals surface area contributed by atoms with Gasteiger partial charge in [-0.25, -0.2) is 4.98 Å². The van der Waals surface area contributed by atoms with Crippen molar-refractivity contribution in [1.29, 1.82) is 0 Å². The van der Waals surface area contributed by atoms with Crippen LogP contribution in [0.5, 0.6) is 0 Å². The van der Waals surface area contributed by atoms with Gasteiger partial charge in [-0.05, 0) is 24.3 Å². The van der Waals surface area contributed by atoms with Crippen LogP contribution in [0.25, 0.3) is 22.4 Å². The Morgan fingerprint density at radius 3 is 2.77 bits per heavy atom. The minimum Gasteiger partial charge on any atom is -0.394 e. The van der Waals surface area contributed by atoms with E-state index in [1.165, 1.54) is 0 Å². The number of rotatable bonds is 9. The Labute approximate surface area is 151 Å². The van der Waals surface area contributed by atoms with Crippen molar-refractivity contribution in [3.63, 3.8) is 0 Å². The Hall–Kier alpha value is -2.74. The molecule has 3 rings (SSSR count). The number of ether oxygens (including phenoxy) is 1. The molecule has 0 saturated heterocycles. The second kappa shape index (κ2) is 9.10. The summed E-state index contributed by atoms with van der Waals surface area (Å²) in [5.74, 6) is 0.572. The summed E-state index contributed by atoms with van der Waals surface area (Å²) in [4.78, 5) is 20.0. The van der Waals surface area contributed by atoms with E-state index in [4.69, 9.17) is 9.84 Å². The highest BCUT2D eigenvalue weighted by atomic mass is 16.5. The number of nitrogens with zero attached hydrogens (tertiary/aromatic N) is 1. The monoisotopic (exact) mass is 354 g/mol. The predicted molar refractivity (Wildman–Crippen MR) is 101 cm³/mol. The van der Waals surface area contributed by atoms with Crippen molar-refractivity contribution in [3.8, 4) is 11.4 Å². The third-order valence-corrected chi connectivity index (χ3v) is 3.79. The number of aromatic amines is 1. The summed E-state index contributed by atoms with van der Waals surface area (Å²) < 4.78 is 5.13. The van der Waals surface area contributed by atoms with E-state index >= 15 is 0 Å². The minimum atomic E-state index is -0.143. The first-order valence-electron chi connectivity index (χ1n) is 8.51. The van der Waals surface area contributed by atoms with Crippen LogP contribution in [0.4, 0.5) is 5.69 Å². The number of aliphatic hydroxyl groups excluding tert-OH is 1. The van der Waals surface area contributed by atoms with Crippen molar-refractivity contribution in [2.45, 2.75) is 0 Å². The maximum absolute atomic E-state index is 12.2. The van der Waals surface area contributed by atoms with Crippen molar-refractivity contribution >= 4 is 22.6 Å². The fourth-order valence-corrected chi connectivity index (χ4v) is 2.59. The van der Waals surface area contributed by atoms with Crippen LogP contribution in [0.3, 0.4) is 0 Å². The standard InChI is InChI=1S/C19H22N4O3/c24-10-12-26-11-9-20-13-18(25)21-15-6-2-1-5-14(15)19-22-16-7-3-4-8-17(16)23-19/h1-8,20,24H,9-13H2,(H,21,25)(H,22,23). The van der Waals surface area contributed by atoms with Gasteiger partial charge in [-0.15, -0.1) is 0 Å². The number of benzene rings is 2. The van der Waals surface area contributed by atoms with E-state index in [2.05, 4.69) is 20.6 Å². The molecule has 7 heteroatoms. The number of hydrogen-bond acceptors (Lipinski definition) is 5. The fourth-order valence-electron chi connectivity index (χ4n) is 2.59. The lowest BCUT2D eigenvalue weighted by Crippen LogP contribution is -2.30. The molecule has 0 aliphatic rings. The number of nitrogens with one attached hydrogen (secondary N) is 3. The summed E-state index contributed by atoms with van der Waals surface area (Å²) in [6.07, 6.45) is 0. The molecular weight excluding hydrogens is 332 g/mol. The SMILES string of the molecule is O=C(CNCCOCCO)Nc1ccccc1-c1nc2ccccc2[nH]1. The lowest BCUT2D eigenvalue weighted by molar-refractivity contribution is -0.115. The Bertz CT molecular complexity index is 830. The minimum absolute atomic E-state index is 0.000932. The van der Waals surface area contributed by atoms with Crippen LogP contribution in [-0.4, -0.2) is 53.9 Å². The topological polar surface area (TPSA) is 99.3 Å². The van der Waals surface area contributed by atoms with Crippen molar-refractivity contribution in [1.82, 2.24) is 15.3 Å². The van der Waals surface area contributed by atoms with E-state index in [1.54, 1.807) is 0 Å². The van der Waals surface area contributed by atoms with E-state index in [0.29, 0.717) is 31.3 Å². The fraction of sp³-hybridized carbons (Fsp3) is 0.263. The van der Waals surface area contributed by atoms with Gasteiger partial charge in [-0.1, -0.05) is 24.3 Å². The highest BCUT2D eigenvalue weighted by Crippen LogP contribution is 2.27. The number of carbonyl (C=O) groups excluding carboxylic acids is 1. The average molecular weight is 354 g/mol. The van der Waals surface area contributed by atoms with Gasteiger partial charge in [0.05, 0.1) is 43.1 Å². The number of hydrogen-bond donors (Lipinski definition) is 4. The number of fused-ring (bicyclic) bond motifs is 1. The highest BCUT2D eigenvalue weighted by molar-refractivity contribution is 5.96. The van der Waals surface area contributed by atoms with Gasteiger partial charge in [0.1, 0.15) is 5.82 Å². The Balaban J connectivity index is 1.63. The van der Waals surface area contributed by atoms with Gasteiger partial charge in [0.15, 0.2) is 0 Å². The first-order valence-corrected chi connectivity index (χ1v) is 8.51. The van der Waals surface area contributed by atoms with Crippen molar-refractivity contribution in [3.05, 3.63) is 48.5 Å². The van der Waals surface area contributed by atoms with Crippen LogP contribution in [0.2, 0.25) is 0 Å². The predicted octanol–water partition coefficient (Wildman–Crippen LogP) is 1.77. The van der Waals surface area contributed by atoms with Gasteiger partial charge >= 0.3 is 0 Å². The molecule has 0 saturated carbocycles. The van der Waals surface area contributed by atoms with Crippen LogP contribution in [-0.2, 0) is 9.53 Å². The number of amides is 1. The van der Waals surface area contributed by atoms with Gasteiger partial charge in [0.2, 0.25) is 5.91 Å². The Kier molecular flexibility index (Phi) is 6.32. The van der Waals surface area contributed by atoms with E-state index < -0.39 is 0 Å². The molecule has 1 heterocycles. The van der Waals surface area contributed by atoms with Crippen LogP contribution in [0, 0.1) is 0 Å². The average Bonchev–Trinajstić information content (AvgIpc) is 3.09. The van der Waals surface area contributed by atoms with Crippen molar-refractivity contribution in [2.24, 2.45) is 0 Å². The Morgan fingerprint density at radius 1 is 1.12 bits per heavy atom. The number of imidazole rings is 1. The summed E-state index contributed by atoms with van der Waals surface area (Å²) in [5.41, 5.74) is 3.37. The van der Waals surface area contributed by atoms with E-state index in [-0.39, 0.29) is 19.1 Å². The number of para-hydroxylation sites is 3. The molecule has 0 aliphatic carbocycles. The maximum atomic E-state index is 12.2. The van der Waals surface area contributed by atoms with Crippen molar-refractivity contribution in [2.75, 3.05) is 38.2 Å². The van der Waals surface area contributed by atoms with E-state index in [9.17, 15) is 4.79 Å². The summed E-state index contributed by atoms with van der Waals surface area (Å²) in [5, 5.41) is 14.5. The lowest BCUT2D eigenvalue weighted by atomic mass is 10.1. The quantitative estimate of drug-likeness (QED) is 0.439. The normalized spacial score (nSPS) is 11.0. The molecule has 0 atom stereocenters. The third-order valence-electron chi connectivity index (χ3n) is 3.79. The summed E-state index contributed by atoms with van der Waals surface area (Å²) >= 11 is 0. The molecule has 0 bridgehead atoms. The third kappa shape index (κ3) is 4.66. The second-order valence-electron chi connectivity index (χ2n) is 5.71. The molecule has 7 nitrogen and oxygen atoms in total. The zero-order valence-electron chi connectivity index (χ0n) is 14.4. The molecule has 26 heavy (non-hydrogen) atoms. The number of H-pyrrole nitrogens is 1. The molecular formula is C19H22N4O3. The van der Waals surface area contributed by atoms with Crippen molar-refractivity contribution < 1.29 is 14.6 Å². The van der Waals surface area contributed by atoms with Gasteiger partial charge in [0.25, 0.3) is 0 Å².